The molecular formula is C13H16F2N2O. The normalized spacial score (nSPS) is 18.9. The summed E-state index contributed by atoms with van der Waals surface area (Å²) in [5, 5.41) is 5.91. The van der Waals surface area contributed by atoms with Gasteiger partial charge in [-0.1, -0.05) is 6.07 Å². The van der Waals surface area contributed by atoms with Crippen LogP contribution >= 0.6 is 0 Å². The van der Waals surface area contributed by atoms with E-state index in [0.29, 0.717) is 12.6 Å². The third-order valence-corrected chi connectivity index (χ3v) is 3.14. The van der Waals surface area contributed by atoms with Crippen molar-refractivity contribution in [1.82, 2.24) is 10.6 Å². The molecule has 0 radical (unpaired) electrons. The summed E-state index contributed by atoms with van der Waals surface area (Å²) in [4.78, 5) is 11.7. The molecule has 1 amide bonds. The molecule has 0 unspecified atom stereocenters. The van der Waals surface area contributed by atoms with Crippen LogP contribution in [0.5, 0.6) is 0 Å². The van der Waals surface area contributed by atoms with E-state index in [1.807, 2.05) is 0 Å². The number of rotatable bonds is 4. The van der Waals surface area contributed by atoms with E-state index < -0.39 is 17.5 Å². The van der Waals surface area contributed by atoms with Crippen LogP contribution in [-0.4, -0.2) is 25.0 Å². The Morgan fingerprint density at radius 2 is 2.28 bits per heavy atom. The first-order chi connectivity index (χ1) is 8.68. The summed E-state index contributed by atoms with van der Waals surface area (Å²) in [5.74, 6) is -2.65. The summed E-state index contributed by atoms with van der Waals surface area (Å²) in [7, 11) is 0. The lowest BCUT2D eigenvalue weighted by Gasteiger charge is -2.11. The van der Waals surface area contributed by atoms with Gasteiger partial charge < -0.3 is 10.6 Å². The van der Waals surface area contributed by atoms with E-state index in [1.165, 1.54) is 12.1 Å². The number of amides is 1. The van der Waals surface area contributed by atoms with Crippen molar-refractivity contribution in [2.45, 2.75) is 25.3 Å². The Morgan fingerprint density at radius 3 is 3.00 bits per heavy atom. The molecule has 2 N–H and O–H groups in total. The van der Waals surface area contributed by atoms with E-state index in [9.17, 15) is 13.6 Å². The first-order valence-electron chi connectivity index (χ1n) is 6.14. The standard InChI is InChI=1S/C13H16F2N2O/c14-11-5-1-4-10(12(11)15)13(18)17-8-6-9-3-2-7-16-9/h1,4-5,9,16H,2-3,6-8H2,(H,17,18)/t9-/m0/s1. The number of hydrogen-bond acceptors (Lipinski definition) is 2. The largest absolute Gasteiger partial charge is 0.352 e. The molecular weight excluding hydrogens is 238 g/mol. The molecule has 1 saturated heterocycles. The molecule has 1 aromatic rings. The Morgan fingerprint density at radius 1 is 1.44 bits per heavy atom. The third-order valence-electron chi connectivity index (χ3n) is 3.14. The predicted octanol–water partition coefficient (Wildman–Crippen LogP) is 1.84. The van der Waals surface area contributed by atoms with Gasteiger partial charge in [-0.15, -0.1) is 0 Å². The maximum absolute atomic E-state index is 13.3. The lowest BCUT2D eigenvalue weighted by Crippen LogP contribution is -2.31. The maximum Gasteiger partial charge on any atom is 0.254 e. The van der Waals surface area contributed by atoms with E-state index >= 15 is 0 Å². The van der Waals surface area contributed by atoms with Crippen LogP contribution in [0.1, 0.15) is 29.6 Å². The zero-order valence-corrected chi connectivity index (χ0v) is 10.0. The fraction of sp³-hybridized carbons (Fsp3) is 0.462. The van der Waals surface area contributed by atoms with Gasteiger partial charge in [-0.2, -0.15) is 0 Å². The highest BCUT2D eigenvalue weighted by atomic mass is 19.2. The Labute approximate surface area is 105 Å². The Kier molecular flexibility index (Phi) is 4.25. The molecule has 2 rings (SSSR count). The first kappa shape index (κ1) is 13.0. The van der Waals surface area contributed by atoms with Crippen LogP contribution in [-0.2, 0) is 0 Å². The molecule has 1 heterocycles. The van der Waals surface area contributed by atoms with Crippen LogP contribution in [0.4, 0.5) is 8.78 Å². The van der Waals surface area contributed by atoms with Crippen LogP contribution in [0.25, 0.3) is 0 Å². The number of nitrogens with one attached hydrogen (secondary N) is 2. The van der Waals surface area contributed by atoms with Gasteiger partial charge in [0.1, 0.15) is 0 Å². The minimum absolute atomic E-state index is 0.241. The zero-order valence-electron chi connectivity index (χ0n) is 10.0. The van der Waals surface area contributed by atoms with Gasteiger partial charge >= 0.3 is 0 Å². The summed E-state index contributed by atoms with van der Waals surface area (Å²) in [5.41, 5.74) is -0.241. The number of halogens is 2. The Hall–Kier alpha value is -1.49. The molecule has 1 aromatic carbocycles. The van der Waals surface area contributed by atoms with Gasteiger partial charge in [0.25, 0.3) is 5.91 Å². The van der Waals surface area contributed by atoms with E-state index in [1.54, 1.807) is 0 Å². The van der Waals surface area contributed by atoms with Crippen molar-refractivity contribution in [2.24, 2.45) is 0 Å². The topological polar surface area (TPSA) is 41.1 Å². The molecule has 0 aliphatic carbocycles. The van der Waals surface area contributed by atoms with E-state index in [2.05, 4.69) is 10.6 Å². The second-order valence-corrected chi connectivity index (χ2v) is 4.44. The number of hydrogen-bond donors (Lipinski definition) is 2. The quantitative estimate of drug-likeness (QED) is 0.860. The van der Waals surface area contributed by atoms with Gasteiger partial charge in [0.2, 0.25) is 0 Å². The van der Waals surface area contributed by atoms with Gasteiger partial charge in [0, 0.05) is 12.6 Å². The SMILES string of the molecule is O=C(NCC[C@@H]1CCCN1)c1cccc(F)c1F. The van der Waals surface area contributed by atoms with Gasteiger partial charge in [-0.05, 0) is 37.9 Å². The minimum Gasteiger partial charge on any atom is -0.352 e. The molecule has 1 aliphatic heterocycles. The van der Waals surface area contributed by atoms with Crippen molar-refractivity contribution in [2.75, 3.05) is 13.1 Å². The van der Waals surface area contributed by atoms with Crippen molar-refractivity contribution in [3.63, 3.8) is 0 Å². The first-order valence-corrected chi connectivity index (χ1v) is 6.14. The monoisotopic (exact) mass is 254 g/mol. The number of carbonyl (C=O) groups excluding carboxylic acids is 1. The molecule has 0 bridgehead atoms. The van der Waals surface area contributed by atoms with Gasteiger partial charge in [0.15, 0.2) is 11.6 Å². The van der Waals surface area contributed by atoms with Crippen LogP contribution in [0.3, 0.4) is 0 Å². The van der Waals surface area contributed by atoms with Gasteiger partial charge in [-0.3, -0.25) is 4.79 Å². The summed E-state index contributed by atoms with van der Waals surface area (Å²) in [6.45, 7) is 1.48. The van der Waals surface area contributed by atoms with Crippen LogP contribution in [0, 0.1) is 11.6 Å². The van der Waals surface area contributed by atoms with Crippen LogP contribution in [0.2, 0.25) is 0 Å². The summed E-state index contributed by atoms with van der Waals surface area (Å²) < 4.78 is 26.3. The van der Waals surface area contributed by atoms with Crippen LogP contribution in [0.15, 0.2) is 18.2 Å². The highest BCUT2D eigenvalue weighted by Crippen LogP contribution is 2.11. The summed E-state index contributed by atoms with van der Waals surface area (Å²) >= 11 is 0. The molecule has 98 valence electrons. The highest BCUT2D eigenvalue weighted by molar-refractivity contribution is 5.94. The molecule has 1 atom stereocenters. The van der Waals surface area contributed by atoms with Gasteiger partial charge in [-0.25, -0.2) is 8.78 Å². The Balaban J connectivity index is 1.85. The average Bonchev–Trinajstić information content (AvgIpc) is 2.85. The van der Waals surface area contributed by atoms with E-state index in [-0.39, 0.29) is 5.56 Å². The molecule has 3 nitrogen and oxygen atoms in total. The number of benzene rings is 1. The maximum atomic E-state index is 13.3. The number of carbonyl (C=O) groups is 1. The van der Waals surface area contributed by atoms with E-state index in [4.69, 9.17) is 0 Å². The predicted molar refractivity (Wildman–Crippen MR) is 64.3 cm³/mol. The van der Waals surface area contributed by atoms with Crippen molar-refractivity contribution in [3.8, 4) is 0 Å². The second kappa shape index (κ2) is 5.91. The fourth-order valence-electron chi connectivity index (χ4n) is 2.14. The molecule has 18 heavy (non-hydrogen) atoms. The smallest absolute Gasteiger partial charge is 0.254 e. The summed E-state index contributed by atoms with van der Waals surface area (Å²) in [6, 6.07) is 4.02. The van der Waals surface area contributed by atoms with Crippen molar-refractivity contribution in [1.29, 1.82) is 0 Å². The van der Waals surface area contributed by atoms with Gasteiger partial charge in [0.05, 0.1) is 5.56 Å². The lowest BCUT2D eigenvalue weighted by atomic mass is 10.1. The summed E-state index contributed by atoms with van der Waals surface area (Å²) in [6.07, 6.45) is 3.06. The molecule has 0 saturated carbocycles. The second-order valence-electron chi connectivity index (χ2n) is 4.44. The van der Waals surface area contributed by atoms with E-state index in [0.717, 1.165) is 31.9 Å². The zero-order chi connectivity index (χ0) is 13.0. The van der Waals surface area contributed by atoms with Crippen molar-refractivity contribution >= 4 is 5.91 Å². The molecule has 0 aromatic heterocycles. The molecule has 1 aliphatic rings. The fourth-order valence-corrected chi connectivity index (χ4v) is 2.14. The lowest BCUT2D eigenvalue weighted by molar-refractivity contribution is 0.0947. The minimum atomic E-state index is -1.09. The van der Waals surface area contributed by atoms with Crippen molar-refractivity contribution < 1.29 is 13.6 Å². The average molecular weight is 254 g/mol. The highest BCUT2D eigenvalue weighted by Gasteiger charge is 2.16. The Bertz CT molecular complexity index is 431. The van der Waals surface area contributed by atoms with Crippen molar-refractivity contribution in [3.05, 3.63) is 35.4 Å². The van der Waals surface area contributed by atoms with Crippen LogP contribution < -0.4 is 10.6 Å². The molecule has 5 heteroatoms. The third kappa shape index (κ3) is 3.04. The molecule has 1 fully saturated rings. The molecule has 0 spiro atoms.